The lowest BCUT2D eigenvalue weighted by Gasteiger charge is -2.34. The molecule has 0 aliphatic heterocycles. The van der Waals surface area contributed by atoms with Crippen molar-refractivity contribution in [2.45, 2.75) is 83.9 Å². The highest BCUT2D eigenvalue weighted by Gasteiger charge is 2.36. The monoisotopic (exact) mass is 584 g/mol. The number of carbonyl (C=O) groups excluding carboxylic acids is 4. The van der Waals surface area contributed by atoms with Crippen LogP contribution >= 0.6 is 0 Å². The second-order valence-corrected chi connectivity index (χ2v) is 11.0. The number of hydrogen-bond acceptors (Lipinski definition) is 7. The Morgan fingerprint density at radius 2 is 1.62 bits per heavy atom. The number of ether oxygens (including phenoxy) is 2. The number of carbonyl (C=O) groups is 4. The van der Waals surface area contributed by atoms with Crippen molar-refractivity contribution in [3.63, 3.8) is 0 Å². The van der Waals surface area contributed by atoms with Crippen molar-refractivity contribution in [3.8, 4) is 11.5 Å². The number of hydrogen-bond donors (Lipinski definition) is 4. The van der Waals surface area contributed by atoms with Crippen LogP contribution in [-0.2, 0) is 19.1 Å². The molecule has 4 amide bonds. The van der Waals surface area contributed by atoms with E-state index in [1.807, 2.05) is 0 Å². The topological polar surface area (TPSA) is 160 Å². The van der Waals surface area contributed by atoms with Crippen LogP contribution in [0.5, 0.6) is 11.5 Å². The van der Waals surface area contributed by atoms with Crippen LogP contribution in [0.2, 0.25) is 0 Å². The van der Waals surface area contributed by atoms with E-state index < -0.39 is 41.5 Å². The van der Waals surface area contributed by atoms with Crippen molar-refractivity contribution in [2.75, 3.05) is 19.0 Å². The summed E-state index contributed by atoms with van der Waals surface area (Å²) in [7, 11) is 1.54. The molecule has 0 aliphatic rings. The van der Waals surface area contributed by atoms with Crippen LogP contribution in [0.25, 0.3) is 0 Å². The van der Waals surface area contributed by atoms with Crippen LogP contribution in [0.1, 0.15) is 77.8 Å². The quantitative estimate of drug-likeness (QED) is 0.222. The Morgan fingerprint density at radius 1 is 0.976 bits per heavy atom. The van der Waals surface area contributed by atoms with Gasteiger partial charge in [0.15, 0.2) is 0 Å². The Hall–Kier alpha value is -4.28. The molecule has 230 valence electrons. The molecule has 0 aromatic heterocycles. The first-order valence-corrected chi connectivity index (χ1v) is 14.2. The molecule has 0 spiro atoms. The predicted molar refractivity (Wildman–Crippen MR) is 160 cm³/mol. The van der Waals surface area contributed by atoms with E-state index in [-0.39, 0.29) is 25.1 Å². The van der Waals surface area contributed by atoms with Gasteiger partial charge in [-0.25, -0.2) is 4.79 Å². The maximum Gasteiger partial charge on any atom is 0.408 e. The molecule has 2 unspecified atom stereocenters. The van der Waals surface area contributed by atoms with Gasteiger partial charge in [0, 0.05) is 18.7 Å². The normalized spacial score (nSPS) is 12.5. The van der Waals surface area contributed by atoms with Gasteiger partial charge in [0.2, 0.25) is 11.8 Å². The number of phenols is 1. The summed E-state index contributed by atoms with van der Waals surface area (Å²) in [5, 5.41) is 15.4. The van der Waals surface area contributed by atoms with Crippen LogP contribution in [0, 0.1) is 0 Å². The second kappa shape index (κ2) is 16.2. The fraction of sp³-hybridized carbons (Fsp3) is 0.484. The van der Waals surface area contributed by atoms with Gasteiger partial charge in [0.05, 0.1) is 7.11 Å². The third-order valence-electron chi connectivity index (χ3n) is 6.33. The molecule has 2 rings (SSSR count). The van der Waals surface area contributed by atoms with E-state index in [0.29, 0.717) is 23.4 Å². The SMILES string of the molecule is CCCCCCN(C(=O)C(CCC(N)=O)NC(=O)OC(C)(C)C)C(C(=O)Nc1ccc(OC)cc1)c1ccc(O)cc1. The van der Waals surface area contributed by atoms with Crippen molar-refractivity contribution in [1.82, 2.24) is 10.2 Å². The predicted octanol–water partition coefficient (Wildman–Crippen LogP) is 4.65. The number of primary amides is 1. The molecular weight excluding hydrogens is 540 g/mol. The lowest BCUT2D eigenvalue weighted by atomic mass is 10.0. The number of nitrogens with one attached hydrogen (secondary N) is 2. The van der Waals surface area contributed by atoms with Gasteiger partial charge in [-0.15, -0.1) is 0 Å². The molecule has 0 radical (unpaired) electrons. The van der Waals surface area contributed by atoms with Crippen molar-refractivity contribution < 1.29 is 33.8 Å². The zero-order valence-electron chi connectivity index (χ0n) is 25.1. The molecule has 0 saturated carbocycles. The average molecular weight is 585 g/mol. The molecule has 2 atom stereocenters. The van der Waals surface area contributed by atoms with E-state index in [9.17, 15) is 24.3 Å². The standard InChI is InChI=1S/C31H44N4O7/c1-6-7-8-9-20-35(29(39)25(18-19-26(32)37)34-30(40)42-31(2,3)4)27(21-10-14-23(36)15-11-21)28(38)33-22-12-16-24(41-5)17-13-22/h10-17,25,27,36H,6-9,18-20H2,1-5H3,(H2,32,37)(H,33,38)(H,34,40). The van der Waals surface area contributed by atoms with Crippen molar-refractivity contribution in [2.24, 2.45) is 5.73 Å². The number of alkyl carbamates (subject to hydrolysis) is 1. The molecule has 0 bridgehead atoms. The maximum absolute atomic E-state index is 14.2. The summed E-state index contributed by atoms with van der Waals surface area (Å²) in [6.07, 6.45) is 2.23. The van der Waals surface area contributed by atoms with Gasteiger partial charge >= 0.3 is 6.09 Å². The molecule has 0 aliphatic carbocycles. The first kappa shape index (κ1) is 33.9. The summed E-state index contributed by atoms with van der Waals surface area (Å²) in [6.45, 7) is 7.34. The number of phenolic OH excluding ortho intramolecular Hbond substituents is 1. The smallest absolute Gasteiger partial charge is 0.408 e. The van der Waals surface area contributed by atoms with Gasteiger partial charge in [0.1, 0.15) is 29.2 Å². The van der Waals surface area contributed by atoms with E-state index in [4.69, 9.17) is 15.2 Å². The third-order valence-corrected chi connectivity index (χ3v) is 6.33. The van der Waals surface area contributed by atoms with Crippen LogP contribution < -0.4 is 21.1 Å². The summed E-state index contributed by atoms with van der Waals surface area (Å²) >= 11 is 0. The minimum Gasteiger partial charge on any atom is -0.508 e. The largest absolute Gasteiger partial charge is 0.508 e. The van der Waals surface area contributed by atoms with Gasteiger partial charge < -0.3 is 35.8 Å². The molecule has 0 fully saturated rings. The number of methoxy groups -OCH3 is 1. The lowest BCUT2D eigenvalue weighted by Crippen LogP contribution is -2.52. The number of unbranched alkanes of at least 4 members (excludes halogenated alkanes) is 3. The molecule has 5 N–H and O–H groups in total. The van der Waals surface area contributed by atoms with Crippen molar-refractivity contribution in [1.29, 1.82) is 0 Å². The minimum absolute atomic E-state index is 0.000174. The number of amides is 4. The first-order chi connectivity index (χ1) is 19.8. The van der Waals surface area contributed by atoms with Crippen LogP contribution in [0.15, 0.2) is 48.5 Å². The van der Waals surface area contributed by atoms with E-state index in [1.54, 1.807) is 57.2 Å². The molecule has 11 nitrogen and oxygen atoms in total. The van der Waals surface area contributed by atoms with Crippen LogP contribution in [0.4, 0.5) is 10.5 Å². The summed E-state index contributed by atoms with van der Waals surface area (Å²) in [5.41, 5.74) is 5.49. The molecule has 0 heterocycles. The van der Waals surface area contributed by atoms with Gasteiger partial charge in [-0.2, -0.15) is 0 Å². The highest BCUT2D eigenvalue weighted by atomic mass is 16.6. The number of nitrogens with two attached hydrogens (primary N) is 1. The molecule has 2 aromatic carbocycles. The van der Waals surface area contributed by atoms with Crippen molar-refractivity contribution in [3.05, 3.63) is 54.1 Å². The Kier molecular flexibility index (Phi) is 13.1. The average Bonchev–Trinajstić information content (AvgIpc) is 2.92. The van der Waals surface area contributed by atoms with E-state index >= 15 is 0 Å². The van der Waals surface area contributed by atoms with Gasteiger partial charge in [-0.3, -0.25) is 14.4 Å². The Labute approximate surface area is 247 Å². The second-order valence-electron chi connectivity index (χ2n) is 11.0. The Bertz CT molecular complexity index is 1180. The summed E-state index contributed by atoms with van der Waals surface area (Å²) in [4.78, 5) is 53.9. The van der Waals surface area contributed by atoms with Gasteiger partial charge in [-0.05, 0) is 75.6 Å². The number of rotatable bonds is 15. The molecule has 42 heavy (non-hydrogen) atoms. The van der Waals surface area contributed by atoms with E-state index in [1.165, 1.54) is 24.1 Å². The number of benzene rings is 2. The highest BCUT2D eigenvalue weighted by Crippen LogP contribution is 2.28. The van der Waals surface area contributed by atoms with E-state index in [0.717, 1.165) is 19.3 Å². The van der Waals surface area contributed by atoms with E-state index in [2.05, 4.69) is 17.6 Å². The summed E-state index contributed by atoms with van der Waals surface area (Å²) in [6, 6.07) is 10.4. The number of anilines is 1. The third kappa shape index (κ3) is 11.3. The lowest BCUT2D eigenvalue weighted by molar-refractivity contribution is -0.141. The zero-order valence-corrected chi connectivity index (χ0v) is 25.1. The fourth-order valence-electron chi connectivity index (χ4n) is 4.28. The van der Waals surface area contributed by atoms with Crippen molar-refractivity contribution >= 4 is 29.5 Å². The minimum atomic E-state index is -1.19. The molecular formula is C31H44N4O7. The fourth-order valence-corrected chi connectivity index (χ4v) is 4.28. The Balaban J connectivity index is 2.52. The summed E-state index contributed by atoms with van der Waals surface area (Å²) in [5.74, 6) is -1.09. The molecule has 2 aromatic rings. The van der Waals surface area contributed by atoms with Crippen LogP contribution in [-0.4, -0.2) is 59.1 Å². The maximum atomic E-state index is 14.2. The Morgan fingerprint density at radius 3 is 2.17 bits per heavy atom. The van der Waals surface area contributed by atoms with Crippen LogP contribution in [0.3, 0.4) is 0 Å². The first-order valence-electron chi connectivity index (χ1n) is 14.2. The summed E-state index contributed by atoms with van der Waals surface area (Å²) < 4.78 is 10.6. The molecule has 0 saturated heterocycles. The zero-order chi connectivity index (χ0) is 31.3. The number of aromatic hydroxyl groups is 1. The number of nitrogens with zero attached hydrogens (tertiary/aromatic N) is 1. The van der Waals surface area contributed by atoms with Gasteiger partial charge in [-0.1, -0.05) is 38.3 Å². The van der Waals surface area contributed by atoms with Gasteiger partial charge in [0.25, 0.3) is 5.91 Å². The highest BCUT2D eigenvalue weighted by molar-refractivity contribution is 5.99. The molecule has 11 heteroatoms.